The molecule has 1 aliphatic rings. The Hall–Kier alpha value is -0.123. The molecule has 0 amide bonds. The van der Waals surface area contributed by atoms with Crippen molar-refractivity contribution in [2.24, 2.45) is 0 Å². The molecular weight excluding hydrogens is 256 g/mol. The van der Waals surface area contributed by atoms with Crippen LogP contribution in [0, 0.1) is 0 Å². The Kier molecular flexibility index (Phi) is 2.58. The van der Waals surface area contributed by atoms with Gasteiger partial charge in [-0.25, -0.2) is 0 Å². The minimum Gasteiger partial charge on any atom is -0.368 e. The topological polar surface area (TPSA) is 12.5 Å². The molecule has 0 aliphatic carbocycles. The molecule has 1 aromatic carbocycles. The summed E-state index contributed by atoms with van der Waals surface area (Å²) in [5.41, 5.74) is 1.81. The fourth-order valence-corrected chi connectivity index (χ4v) is 3.87. The summed E-state index contributed by atoms with van der Waals surface area (Å²) in [6.07, 6.45) is 0.345. The lowest BCUT2D eigenvalue weighted by Crippen LogP contribution is -2.29. The van der Waals surface area contributed by atoms with E-state index in [1.807, 2.05) is 6.07 Å². The first-order valence-corrected chi connectivity index (χ1v) is 9.27. The summed E-state index contributed by atoms with van der Waals surface area (Å²) in [5.74, 6) is 0. The van der Waals surface area contributed by atoms with Crippen molar-refractivity contribution in [3.63, 3.8) is 0 Å². The zero-order valence-corrected chi connectivity index (χ0v) is 11.3. The van der Waals surface area contributed by atoms with Crippen molar-refractivity contribution in [3.8, 4) is 0 Å². The Bertz CT molecular complexity index is 345. The van der Waals surface area contributed by atoms with E-state index < -0.39 is 8.07 Å². The molecule has 0 unspecified atom stereocenters. The second-order valence-corrected chi connectivity index (χ2v) is 11.0. The summed E-state index contributed by atoms with van der Waals surface area (Å²) < 4.78 is 6.95. The van der Waals surface area contributed by atoms with Crippen molar-refractivity contribution in [2.45, 2.75) is 31.5 Å². The van der Waals surface area contributed by atoms with E-state index >= 15 is 0 Å². The summed E-state index contributed by atoms with van der Waals surface area (Å²) >= 11 is 3.57. The highest BCUT2D eigenvalue weighted by Gasteiger charge is 2.49. The first-order chi connectivity index (χ1) is 6.50. The van der Waals surface area contributed by atoms with Gasteiger partial charge in [-0.1, -0.05) is 53.8 Å². The number of epoxide rings is 1. The van der Waals surface area contributed by atoms with Crippen LogP contribution in [0.1, 0.15) is 11.7 Å². The maximum Gasteiger partial charge on any atom is 0.107 e. The van der Waals surface area contributed by atoms with Gasteiger partial charge in [0.05, 0.1) is 13.8 Å². The Balaban J connectivity index is 2.18. The molecule has 14 heavy (non-hydrogen) atoms. The van der Waals surface area contributed by atoms with Gasteiger partial charge in [-0.3, -0.25) is 0 Å². The Labute approximate surface area is 94.6 Å². The Morgan fingerprint density at radius 1 is 1.21 bits per heavy atom. The third-order valence-corrected chi connectivity index (χ3v) is 5.42. The Morgan fingerprint density at radius 2 is 1.86 bits per heavy atom. The van der Waals surface area contributed by atoms with Gasteiger partial charge in [0.25, 0.3) is 0 Å². The van der Waals surface area contributed by atoms with Crippen molar-refractivity contribution in [1.29, 1.82) is 0 Å². The van der Waals surface area contributed by atoms with Crippen LogP contribution in [-0.2, 0) is 4.74 Å². The van der Waals surface area contributed by atoms with Crippen LogP contribution in [0.4, 0.5) is 0 Å². The fourth-order valence-electron chi connectivity index (χ4n) is 1.71. The van der Waals surface area contributed by atoms with E-state index in [1.165, 1.54) is 10.0 Å². The van der Waals surface area contributed by atoms with Gasteiger partial charge < -0.3 is 4.74 Å². The number of ether oxygens (including phenoxy) is 1. The van der Waals surface area contributed by atoms with Gasteiger partial charge in [-0.05, 0) is 11.6 Å². The minimum atomic E-state index is -1.14. The third kappa shape index (κ3) is 1.95. The second kappa shape index (κ2) is 3.47. The number of benzene rings is 1. The monoisotopic (exact) mass is 270 g/mol. The molecule has 2 atom stereocenters. The van der Waals surface area contributed by atoms with E-state index in [9.17, 15) is 0 Å². The molecule has 3 heteroatoms. The van der Waals surface area contributed by atoms with Crippen molar-refractivity contribution >= 4 is 24.0 Å². The zero-order chi connectivity index (χ0) is 10.3. The maximum atomic E-state index is 5.78. The van der Waals surface area contributed by atoms with E-state index in [0.717, 1.165) is 0 Å². The largest absolute Gasteiger partial charge is 0.368 e. The fraction of sp³-hybridized carbons (Fsp3) is 0.455. The molecule has 1 aliphatic heterocycles. The standard InChI is InChI=1S/C11H15BrOSi/c1-14(2,3)11-10(13-11)8-6-4-5-7-9(8)12/h4-7,10-11H,1-3H3/t10-,11+/m0/s1. The van der Waals surface area contributed by atoms with Crippen LogP contribution >= 0.6 is 15.9 Å². The van der Waals surface area contributed by atoms with E-state index in [4.69, 9.17) is 4.74 Å². The van der Waals surface area contributed by atoms with Gasteiger partial charge >= 0.3 is 0 Å². The number of halogens is 1. The lowest BCUT2D eigenvalue weighted by atomic mass is 10.2. The quantitative estimate of drug-likeness (QED) is 0.589. The van der Waals surface area contributed by atoms with Gasteiger partial charge in [0.1, 0.15) is 6.10 Å². The number of rotatable bonds is 2. The average molecular weight is 271 g/mol. The van der Waals surface area contributed by atoms with Gasteiger partial charge in [-0.15, -0.1) is 0 Å². The smallest absolute Gasteiger partial charge is 0.107 e. The predicted octanol–water partition coefficient (Wildman–Crippen LogP) is 3.77. The number of hydrogen-bond donors (Lipinski definition) is 0. The molecule has 1 aromatic rings. The van der Waals surface area contributed by atoms with Gasteiger partial charge in [0.15, 0.2) is 0 Å². The van der Waals surface area contributed by atoms with Crippen LogP contribution in [0.15, 0.2) is 28.7 Å². The van der Waals surface area contributed by atoms with Gasteiger partial charge in [0, 0.05) is 4.47 Å². The van der Waals surface area contributed by atoms with E-state index in [1.54, 1.807) is 0 Å². The predicted molar refractivity (Wildman–Crippen MR) is 65.1 cm³/mol. The van der Waals surface area contributed by atoms with Crippen LogP contribution < -0.4 is 0 Å². The molecule has 1 nitrogen and oxygen atoms in total. The van der Waals surface area contributed by atoms with Crippen molar-refractivity contribution in [1.82, 2.24) is 0 Å². The summed E-state index contributed by atoms with van der Waals surface area (Å²) in [6.45, 7) is 7.07. The third-order valence-electron chi connectivity index (χ3n) is 2.56. The summed E-state index contributed by atoms with van der Waals surface area (Å²) in [6, 6.07) is 8.34. The molecule has 0 spiro atoms. The van der Waals surface area contributed by atoms with Crippen LogP contribution in [0.5, 0.6) is 0 Å². The minimum absolute atomic E-state index is 0.345. The Morgan fingerprint density at radius 3 is 2.36 bits per heavy atom. The molecule has 0 aromatic heterocycles. The molecule has 76 valence electrons. The molecule has 0 bridgehead atoms. The summed E-state index contributed by atoms with van der Waals surface area (Å²) in [4.78, 5) is 0. The first-order valence-electron chi connectivity index (χ1n) is 4.90. The van der Waals surface area contributed by atoms with Crippen LogP contribution in [-0.4, -0.2) is 13.8 Å². The number of hydrogen-bond acceptors (Lipinski definition) is 1. The molecule has 0 saturated carbocycles. The lowest BCUT2D eigenvalue weighted by Gasteiger charge is -2.11. The average Bonchev–Trinajstić information content (AvgIpc) is 2.83. The zero-order valence-electron chi connectivity index (χ0n) is 8.75. The second-order valence-electron chi connectivity index (χ2n) is 4.86. The highest BCUT2D eigenvalue weighted by molar-refractivity contribution is 9.10. The summed E-state index contributed by atoms with van der Waals surface area (Å²) in [7, 11) is -1.14. The van der Waals surface area contributed by atoms with E-state index in [0.29, 0.717) is 11.8 Å². The van der Waals surface area contributed by atoms with Crippen LogP contribution in [0.2, 0.25) is 19.6 Å². The molecule has 2 rings (SSSR count). The maximum absolute atomic E-state index is 5.78. The van der Waals surface area contributed by atoms with Crippen molar-refractivity contribution in [2.75, 3.05) is 0 Å². The highest BCUT2D eigenvalue weighted by atomic mass is 79.9. The van der Waals surface area contributed by atoms with Gasteiger partial charge in [-0.2, -0.15) is 0 Å². The molecule has 1 heterocycles. The molecule has 0 N–H and O–H groups in total. The van der Waals surface area contributed by atoms with Crippen LogP contribution in [0.25, 0.3) is 0 Å². The van der Waals surface area contributed by atoms with Crippen molar-refractivity contribution < 1.29 is 4.74 Å². The van der Waals surface area contributed by atoms with Crippen LogP contribution in [0.3, 0.4) is 0 Å². The lowest BCUT2D eigenvalue weighted by molar-refractivity contribution is 0.400. The molecule has 0 radical (unpaired) electrons. The van der Waals surface area contributed by atoms with Gasteiger partial charge in [0.2, 0.25) is 0 Å². The molecule has 1 fully saturated rings. The first kappa shape index (κ1) is 10.4. The highest BCUT2D eigenvalue weighted by Crippen LogP contribution is 2.46. The SMILES string of the molecule is C[Si](C)(C)[C@H]1O[C@H]1c1ccccc1Br. The molecule has 1 saturated heterocycles. The van der Waals surface area contributed by atoms with E-state index in [-0.39, 0.29) is 0 Å². The van der Waals surface area contributed by atoms with E-state index in [2.05, 4.69) is 53.8 Å². The summed E-state index contributed by atoms with van der Waals surface area (Å²) in [5, 5.41) is 0. The molecular formula is C11H15BrOSi. The normalized spacial score (nSPS) is 26.3. The van der Waals surface area contributed by atoms with Crippen molar-refractivity contribution in [3.05, 3.63) is 34.3 Å².